The molecule has 36 heteroatoms. The van der Waals surface area contributed by atoms with E-state index in [1.54, 1.807) is 145 Å². The van der Waals surface area contributed by atoms with Crippen molar-refractivity contribution >= 4 is 115 Å². The van der Waals surface area contributed by atoms with E-state index in [4.69, 9.17) is 56.8 Å². The Balaban J connectivity index is 0.000000238. The highest BCUT2D eigenvalue weighted by atomic mass is 31.1. The second-order valence-corrected chi connectivity index (χ2v) is 44.1. The lowest BCUT2D eigenvalue weighted by atomic mass is 9.85. The number of alkyl halides is 18. The molecule has 6 atom stereocenters. The molecule has 12 nitrogen and oxygen atoms in total. The van der Waals surface area contributed by atoms with Gasteiger partial charge in [0.2, 0.25) is 0 Å². The smallest absolute Gasteiger partial charge is 0.417 e. The van der Waals surface area contributed by atoms with Crippen LogP contribution in [0.1, 0.15) is 153 Å². The number of hydrogen-bond donors (Lipinski definition) is 0. The number of halogens is 18. The summed E-state index contributed by atoms with van der Waals surface area (Å²) in [6, 6.07) is 56.4. The molecular weight excluding hydrogens is 2040 g/mol. The summed E-state index contributed by atoms with van der Waals surface area (Å²) in [4.78, 5) is 0. The number of ether oxygens (including phenoxy) is 12. The van der Waals surface area contributed by atoms with Crippen LogP contribution in [0.5, 0.6) is 34.5 Å². The fraction of sp³-hybridized carbons (Fsp3) is 0.345. The summed E-state index contributed by atoms with van der Waals surface area (Å²) in [5, 5.41) is 6.01. The first-order valence-electron chi connectivity index (χ1n) is 45.2. The van der Waals surface area contributed by atoms with Crippen LogP contribution in [0.4, 0.5) is 79.0 Å². The van der Waals surface area contributed by atoms with Gasteiger partial charge in [-0.05, 0) is 232 Å². The summed E-state index contributed by atoms with van der Waals surface area (Å²) in [7, 11) is 8.10. The van der Waals surface area contributed by atoms with Gasteiger partial charge in [-0.25, -0.2) is 0 Å². The lowest BCUT2D eigenvalue weighted by molar-refractivity contribution is -0.137. The zero-order valence-corrected chi connectivity index (χ0v) is 91.6. The van der Waals surface area contributed by atoms with Crippen LogP contribution in [-0.4, -0.2) is 83.4 Å². The molecule has 0 N–H and O–H groups in total. The van der Waals surface area contributed by atoms with Crippen LogP contribution in [0, 0.1) is 83.1 Å². The molecule has 0 aliphatic heterocycles. The standard InChI is InChI=1S/2C21H26F3O2P.C18H20F3O2P.2C17H18F3O2P.C16H16F3O2P/c1-13-7-8-17(16(9-13)21(22,23)24)27-18-11-15(20(3,4)5)10-14(2)19(18)26-12-25-6;1-13-7-8-17(15(9-13)21(22,23)24)27-18-11-14(2)10-16(20(3,4)5)19(18)26-12-25-6;1-11-5-6-15(14(8-11)18(19,20)21)24-16-9-12(2)7-13(3)17(16)23-10-22-4;1-11-5-7-15(13(8-11)17(18,19)20)23-16-9-12(2)4-6-14(16)22-10-21-3;1-11-7-8-14(13(9-11)17(18,19)20)23-15-6-4-5-12(2)16(15)22-10-21-3;1-11-7-8-14(12(9-11)16(17,18)19)22-15-6-4-3-5-13(15)21-10-20-2/h2*7-11,27H,12H2,1-6H3;5-9,24H,10H2,1-4H3;2*4-9,23H,10H2,1-3H3;3-9,22H,10H2,1-2H3. The van der Waals surface area contributed by atoms with E-state index < -0.39 is 70.4 Å². The van der Waals surface area contributed by atoms with Gasteiger partial charge in [0.25, 0.3) is 0 Å². The fourth-order valence-electron chi connectivity index (χ4n) is 14.4. The first-order valence-corrected chi connectivity index (χ1v) is 51.2. The molecule has 146 heavy (non-hydrogen) atoms. The SMILES string of the molecule is COCOc1c(C)cc(C(C)(C)C)cc1Pc1ccc(C)cc1C(F)(F)F.COCOc1c(C)cc(C)cc1Pc1ccc(C)cc1C(F)(F)F.COCOc1c(C)cccc1Pc1ccc(C)cc1C(F)(F)F.COCOc1c(Pc2ccc(C)cc2C(F)(F)F)cc(C)cc1C(C)(C)C.COCOc1ccc(C)cc1Pc1ccc(C)cc1C(F)(F)F.COCOc1ccccc1Pc1ccc(C)cc1C(F)(F)F. The number of para-hydroxylation sites is 2. The molecule has 12 rings (SSSR count). The average Bonchev–Trinajstić information content (AvgIpc) is 0.799. The Bertz CT molecular complexity index is 6160. The molecule has 0 saturated heterocycles. The van der Waals surface area contributed by atoms with E-state index in [0.29, 0.717) is 73.2 Å². The van der Waals surface area contributed by atoms with Crippen molar-refractivity contribution in [3.8, 4) is 34.5 Å². The van der Waals surface area contributed by atoms with Crippen molar-refractivity contribution in [2.75, 3.05) is 83.4 Å². The van der Waals surface area contributed by atoms with E-state index in [9.17, 15) is 79.0 Å². The van der Waals surface area contributed by atoms with Gasteiger partial charge < -0.3 is 56.8 Å². The lowest BCUT2D eigenvalue weighted by Crippen LogP contribution is -2.22. The molecule has 0 spiro atoms. The normalized spacial score (nSPS) is 12.3. The number of rotatable bonds is 30. The second-order valence-electron chi connectivity index (χ2n) is 36.1. The van der Waals surface area contributed by atoms with Crippen LogP contribution in [0.2, 0.25) is 0 Å². The van der Waals surface area contributed by atoms with Gasteiger partial charge >= 0.3 is 37.1 Å². The predicted molar refractivity (Wildman–Crippen MR) is 562 cm³/mol. The van der Waals surface area contributed by atoms with Gasteiger partial charge in [-0.15, -0.1) is 0 Å². The summed E-state index contributed by atoms with van der Waals surface area (Å²) in [5.74, 6) is 3.47. The molecule has 0 saturated carbocycles. The molecule has 0 fully saturated rings. The Morgan fingerprint density at radius 2 is 0.438 bits per heavy atom. The Kier molecular flexibility index (Phi) is 46.8. The molecule has 0 radical (unpaired) electrons. The topological polar surface area (TPSA) is 111 Å². The minimum absolute atomic E-state index is 0.0453. The fourth-order valence-corrected chi connectivity index (χ4v) is 22.8. The minimum atomic E-state index is -4.39. The summed E-state index contributed by atoms with van der Waals surface area (Å²) >= 11 is 0. The summed E-state index contributed by atoms with van der Waals surface area (Å²) < 4.78 is 304. The first-order chi connectivity index (χ1) is 68.1. The van der Waals surface area contributed by atoms with E-state index >= 15 is 0 Å². The first kappa shape index (κ1) is 123. The van der Waals surface area contributed by atoms with Gasteiger partial charge in [0.05, 0.1) is 33.4 Å². The van der Waals surface area contributed by atoms with Crippen molar-refractivity contribution in [1.82, 2.24) is 0 Å². The predicted octanol–water partition coefficient (Wildman–Crippen LogP) is 26.2. The van der Waals surface area contributed by atoms with Crippen LogP contribution in [0.25, 0.3) is 0 Å². The molecule has 0 bridgehead atoms. The highest BCUT2D eigenvalue weighted by molar-refractivity contribution is 7.57. The maximum absolute atomic E-state index is 13.5. The van der Waals surface area contributed by atoms with Crippen molar-refractivity contribution in [3.05, 3.63) is 318 Å². The van der Waals surface area contributed by atoms with E-state index in [1.807, 2.05) is 102 Å². The van der Waals surface area contributed by atoms with Crippen molar-refractivity contribution in [3.63, 3.8) is 0 Å². The average molecular weight is 2170 g/mol. The molecule has 0 heterocycles. The van der Waals surface area contributed by atoms with Crippen molar-refractivity contribution in [2.24, 2.45) is 0 Å². The van der Waals surface area contributed by atoms with Gasteiger partial charge in [-0.1, -0.05) is 265 Å². The number of benzene rings is 12. The van der Waals surface area contributed by atoms with Crippen molar-refractivity contribution in [1.29, 1.82) is 0 Å². The number of aryl methyl sites for hydroxylation is 12. The van der Waals surface area contributed by atoms with E-state index in [-0.39, 0.29) is 135 Å². The van der Waals surface area contributed by atoms with Gasteiger partial charge in [0, 0.05) is 80.0 Å². The van der Waals surface area contributed by atoms with Gasteiger partial charge in [0.1, 0.15) is 34.5 Å². The van der Waals surface area contributed by atoms with Gasteiger partial charge in [-0.3, -0.25) is 0 Å². The molecule has 0 aliphatic carbocycles. The highest BCUT2D eigenvalue weighted by Crippen LogP contribution is 2.43. The molecule has 792 valence electrons. The Morgan fingerprint density at radius 1 is 0.192 bits per heavy atom. The summed E-state index contributed by atoms with van der Waals surface area (Å²) in [5.41, 5.74) is 7.29. The third-order valence-electron chi connectivity index (χ3n) is 21.3. The van der Waals surface area contributed by atoms with Crippen molar-refractivity contribution in [2.45, 2.75) is 173 Å². The maximum atomic E-state index is 13.5. The number of hydrogen-bond acceptors (Lipinski definition) is 12. The third kappa shape index (κ3) is 38.2. The molecule has 12 aromatic carbocycles. The van der Waals surface area contributed by atoms with Crippen LogP contribution >= 0.6 is 51.5 Å². The highest BCUT2D eigenvalue weighted by Gasteiger charge is 2.40. The lowest BCUT2D eigenvalue weighted by Gasteiger charge is -2.26. The van der Waals surface area contributed by atoms with E-state index in [1.165, 1.54) is 85.1 Å². The molecule has 0 aromatic heterocycles. The number of methoxy groups -OCH3 is 6. The second kappa shape index (κ2) is 55.3. The molecule has 12 aromatic rings. The Hall–Kier alpha value is -9.48. The van der Waals surface area contributed by atoms with Crippen LogP contribution in [0.15, 0.2) is 206 Å². The van der Waals surface area contributed by atoms with Crippen LogP contribution < -0.4 is 92.1 Å². The largest absolute Gasteiger partial charge is 0.467 e. The zero-order chi connectivity index (χ0) is 109. The van der Waals surface area contributed by atoms with E-state index in [2.05, 4.69) is 41.5 Å². The third-order valence-corrected chi connectivity index (χ3v) is 29.4. The monoisotopic (exact) mass is 2160 g/mol. The maximum Gasteiger partial charge on any atom is 0.417 e. The minimum Gasteiger partial charge on any atom is -0.467 e. The van der Waals surface area contributed by atoms with Crippen LogP contribution in [0.3, 0.4) is 0 Å². The molecule has 0 amide bonds. The van der Waals surface area contributed by atoms with Crippen molar-refractivity contribution < 1.29 is 136 Å². The Labute approximate surface area is 854 Å². The summed E-state index contributed by atoms with van der Waals surface area (Å²) in [6.45, 7) is 34.1. The molecule has 0 aliphatic rings. The quantitative estimate of drug-likeness (QED) is 0.0243. The van der Waals surface area contributed by atoms with Crippen LogP contribution in [-0.2, 0) is 76.3 Å². The molecule has 6 unspecified atom stereocenters. The van der Waals surface area contributed by atoms with Gasteiger partial charge in [-0.2, -0.15) is 79.0 Å². The zero-order valence-electron chi connectivity index (χ0n) is 85.6. The summed E-state index contributed by atoms with van der Waals surface area (Å²) in [6.07, 6.45) is -26.3. The van der Waals surface area contributed by atoms with E-state index in [0.717, 1.165) is 71.0 Å². The Morgan fingerprint density at radius 3 is 0.774 bits per heavy atom. The van der Waals surface area contributed by atoms with Gasteiger partial charge in [0.15, 0.2) is 40.8 Å². The molecular formula is C110H124F18O12P6.